The number of aliphatic hydroxyl groups excluding tert-OH is 3. The maximum atomic E-state index is 12.5. The molecule has 2 saturated carbocycles. The molecule has 2 bridgehead atoms. The third-order valence-corrected chi connectivity index (χ3v) is 8.70. The first-order chi connectivity index (χ1) is 12.6. The molecule has 5 aliphatic rings. The van der Waals surface area contributed by atoms with E-state index in [0.29, 0.717) is 6.42 Å². The molecule has 2 heterocycles. The topological polar surface area (TPSA) is 113 Å². The van der Waals surface area contributed by atoms with Gasteiger partial charge >= 0.3 is 5.97 Å². The minimum atomic E-state index is -1.28. The van der Waals surface area contributed by atoms with Crippen LogP contribution in [0.15, 0.2) is 11.6 Å². The molecule has 3 N–H and O–H groups in total. The average molecular weight is 378 g/mol. The number of hydrogen-bond donors (Lipinski definition) is 3. The van der Waals surface area contributed by atoms with Crippen LogP contribution in [0.1, 0.15) is 33.6 Å². The highest BCUT2D eigenvalue weighted by Gasteiger charge is 2.80. The molecule has 0 aromatic rings. The minimum Gasteiger partial charge on any atom is -0.462 e. The Balaban J connectivity index is 1.77. The number of aliphatic hydroxyl groups is 3. The molecule has 3 aliphatic carbocycles. The van der Waals surface area contributed by atoms with Gasteiger partial charge in [0.05, 0.1) is 24.7 Å². The van der Waals surface area contributed by atoms with Gasteiger partial charge in [-0.15, -0.1) is 0 Å². The van der Waals surface area contributed by atoms with Gasteiger partial charge in [0, 0.05) is 22.7 Å². The Labute approximate surface area is 157 Å². The third kappa shape index (κ3) is 1.74. The maximum Gasteiger partial charge on any atom is 0.306 e. The second-order valence-corrected chi connectivity index (χ2v) is 9.58. The lowest BCUT2D eigenvalue weighted by atomic mass is 9.38. The summed E-state index contributed by atoms with van der Waals surface area (Å²) in [5.41, 5.74) is -1.92. The highest BCUT2D eigenvalue weighted by Crippen LogP contribution is 2.72. The standard InChI is InChI=1S/C20H26O7/c1-8-4-10(21)16(24)18(2)9(8)5-12-20-7-26-19(3,11(20)6-13(22)27-12)17(25)14(23)15(18)20/h4,9,11-12,14-17,23-25H,5-7H2,1-3H3. The second kappa shape index (κ2) is 5.00. The van der Waals surface area contributed by atoms with Gasteiger partial charge in [-0.3, -0.25) is 9.59 Å². The molecule has 7 nitrogen and oxygen atoms in total. The Kier molecular flexibility index (Phi) is 3.30. The first-order valence-electron chi connectivity index (χ1n) is 9.68. The van der Waals surface area contributed by atoms with E-state index >= 15 is 0 Å². The van der Waals surface area contributed by atoms with E-state index in [1.54, 1.807) is 6.92 Å². The van der Waals surface area contributed by atoms with Crippen molar-refractivity contribution in [2.45, 2.75) is 63.6 Å². The molecular weight excluding hydrogens is 352 g/mol. The highest BCUT2D eigenvalue weighted by molar-refractivity contribution is 5.96. The minimum absolute atomic E-state index is 0.104. The number of allylic oxidation sites excluding steroid dienone is 1. The van der Waals surface area contributed by atoms with Crippen molar-refractivity contribution < 1.29 is 34.4 Å². The Hall–Kier alpha value is -1.28. The zero-order valence-corrected chi connectivity index (χ0v) is 15.7. The van der Waals surface area contributed by atoms with Gasteiger partial charge < -0.3 is 24.8 Å². The Morgan fingerprint density at radius 2 is 1.89 bits per heavy atom. The van der Waals surface area contributed by atoms with Crippen LogP contribution in [0.2, 0.25) is 0 Å². The first kappa shape index (κ1) is 17.8. The van der Waals surface area contributed by atoms with Gasteiger partial charge in [-0.1, -0.05) is 12.5 Å². The highest BCUT2D eigenvalue weighted by atomic mass is 16.6. The molecule has 5 rings (SSSR count). The van der Waals surface area contributed by atoms with Gasteiger partial charge in [-0.05, 0) is 32.3 Å². The fraction of sp³-hybridized carbons (Fsp3) is 0.800. The van der Waals surface area contributed by atoms with Crippen molar-refractivity contribution in [2.24, 2.45) is 28.6 Å². The molecular formula is C20H26O7. The van der Waals surface area contributed by atoms with Crippen LogP contribution >= 0.6 is 0 Å². The van der Waals surface area contributed by atoms with E-state index in [9.17, 15) is 24.9 Å². The molecule has 1 spiro atoms. The summed E-state index contributed by atoms with van der Waals surface area (Å²) < 4.78 is 11.8. The number of ether oxygens (including phenoxy) is 2. The number of esters is 1. The Bertz CT molecular complexity index is 776. The van der Waals surface area contributed by atoms with Crippen molar-refractivity contribution in [3.63, 3.8) is 0 Å². The van der Waals surface area contributed by atoms with Gasteiger partial charge in [0.15, 0.2) is 5.78 Å². The smallest absolute Gasteiger partial charge is 0.306 e. The molecule has 4 fully saturated rings. The van der Waals surface area contributed by atoms with Gasteiger partial charge in [0.25, 0.3) is 0 Å². The van der Waals surface area contributed by atoms with E-state index in [4.69, 9.17) is 9.47 Å². The molecule has 0 aromatic carbocycles. The quantitative estimate of drug-likeness (QED) is 0.507. The number of carbonyl (C=O) groups is 2. The molecule has 148 valence electrons. The van der Waals surface area contributed by atoms with Crippen LogP contribution < -0.4 is 0 Å². The number of hydrogen-bond acceptors (Lipinski definition) is 7. The number of fused-ring (bicyclic) bond motifs is 2. The molecule has 0 aromatic heterocycles. The third-order valence-electron chi connectivity index (χ3n) is 8.70. The van der Waals surface area contributed by atoms with Crippen molar-refractivity contribution in [3.05, 3.63) is 11.6 Å². The van der Waals surface area contributed by atoms with E-state index in [0.717, 1.165) is 5.57 Å². The monoisotopic (exact) mass is 378 g/mol. The molecule has 0 amide bonds. The van der Waals surface area contributed by atoms with Crippen molar-refractivity contribution in [3.8, 4) is 0 Å². The summed E-state index contributed by atoms with van der Waals surface area (Å²) in [7, 11) is 0. The van der Waals surface area contributed by atoms with Crippen LogP contribution in [0.3, 0.4) is 0 Å². The van der Waals surface area contributed by atoms with Gasteiger partial charge in [-0.2, -0.15) is 0 Å². The van der Waals surface area contributed by atoms with Crippen molar-refractivity contribution in [2.75, 3.05) is 6.61 Å². The molecule has 2 aliphatic heterocycles. The predicted octanol–water partition coefficient (Wildman–Crippen LogP) is -0.0389. The number of ketones is 1. The van der Waals surface area contributed by atoms with Crippen LogP contribution in [0.25, 0.3) is 0 Å². The summed E-state index contributed by atoms with van der Waals surface area (Å²) in [6, 6.07) is 0. The summed E-state index contributed by atoms with van der Waals surface area (Å²) in [5, 5.41) is 33.1. The molecule has 10 unspecified atom stereocenters. The van der Waals surface area contributed by atoms with Crippen LogP contribution in [-0.4, -0.2) is 63.7 Å². The molecule has 10 atom stereocenters. The number of rotatable bonds is 0. The lowest BCUT2D eigenvalue weighted by Crippen LogP contribution is -2.76. The fourth-order valence-corrected chi connectivity index (χ4v) is 7.49. The average Bonchev–Trinajstić information content (AvgIpc) is 2.86. The van der Waals surface area contributed by atoms with E-state index in [-0.39, 0.29) is 36.6 Å². The summed E-state index contributed by atoms with van der Waals surface area (Å²) >= 11 is 0. The van der Waals surface area contributed by atoms with Crippen LogP contribution in [0.5, 0.6) is 0 Å². The molecule has 7 heteroatoms. The lowest BCUT2D eigenvalue weighted by molar-refractivity contribution is -0.280. The van der Waals surface area contributed by atoms with E-state index < -0.39 is 46.8 Å². The summed E-state index contributed by atoms with van der Waals surface area (Å²) in [6.07, 6.45) is -2.11. The van der Waals surface area contributed by atoms with Gasteiger partial charge in [0.1, 0.15) is 18.3 Å². The van der Waals surface area contributed by atoms with Gasteiger partial charge in [-0.25, -0.2) is 0 Å². The Morgan fingerprint density at radius 1 is 1.19 bits per heavy atom. The predicted molar refractivity (Wildman–Crippen MR) is 91.3 cm³/mol. The maximum absolute atomic E-state index is 12.5. The van der Waals surface area contributed by atoms with E-state index in [1.165, 1.54) is 6.08 Å². The molecule has 0 radical (unpaired) electrons. The van der Waals surface area contributed by atoms with Gasteiger partial charge in [0.2, 0.25) is 0 Å². The first-order valence-corrected chi connectivity index (χ1v) is 9.68. The van der Waals surface area contributed by atoms with Crippen molar-refractivity contribution >= 4 is 11.8 Å². The lowest BCUT2D eigenvalue weighted by Gasteiger charge is -2.67. The van der Waals surface area contributed by atoms with Crippen molar-refractivity contribution in [1.82, 2.24) is 0 Å². The van der Waals surface area contributed by atoms with E-state index in [1.807, 2.05) is 13.8 Å². The largest absolute Gasteiger partial charge is 0.462 e. The zero-order chi connectivity index (χ0) is 19.5. The number of carbonyl (C=O) groups excluding carboxylic acids is 2. The second-order valence-electron chi connectivity index (χ2n) is 9.58. The molecule has 27 heavy (non-hydrogen) atoms. The van der Waals surface area contributed by atoms with Crippen LogP contribution in [-0.2, 0) is 19.1 Å². The summed E-state index contributed by atoms with van der Waals surface area (Å²) in [5.74, 6) is -1.88. The Morgan fingerprint density at radius 3 is 2.59 bits per heavy atom. The van der Waals surface area contributed by atoms with Crippen LogP contribution in [0, 0.1) is 28.6 Å². The summed E-state index contributed by atoms with van der Waals surface area (Å²) in [6.45, 7) is 5.65. The normalized spacial score (nSPS) is 58.9. The van der Waals surface area contributed by atoms with E-state index in [2.05, 4.69) is 0 Å². The van der Waals surface area contributed by atoms with Crippen LogP contribution in [0.4, 0.5) is 0 Å². The van der Waals surface area contributed by atoms with Crippen molar-refractivity contribution in [1.29, 1.82) is 0 Å². The summed E-state index contributed by atoms with van der Waals surface area (Å²) in [4.78, 5) is 24.9. The molecule has 2 saturated heterocycles. The zero-order valence-electron chi connectivity index (χ0n) is 15.7. The SMILES string of the molecule is CC1=CC(=O)C(O)C2(C)C1CC1OC(=O)CC3C4(C)OCC13C2C(O)C4O. The fourth-order valence-electron chi connectivity index (χ4n) is 7.49.